The van der Waals surface area contributed by atoms with Crippen LogP contribution in [-0.4, -0.2) is 58.5 Å². The Labute approximate surface area is 168 Å². The van der Waals surface area contributed by atoms with E-state index in [2.05, 4.69) is 30.3 Å². The number of nitrogens with zero attached hydrogens (tertiary/aromatic N) is 5. The van der Waals surface area contributed by atoms with E-state index in [9.17, 15) is 0 Å². The minimum absolute atomic E-state index is 0.546. The minimum Gasteiger partial charge on any atom is -0.491 e. The Hall–Kier alpha value is -2.45. The van der Waals surface area contributed by atoms with Gasteiger partial charge in [0.25, 0.3) is 0 Å². The van der Waals surface area contributed by atoms with Gasteiger partial charge in [0.1, 0.15) is 17.3 Å². The Balaban J connectivity index is 1.36. The van der Waals surface area contributed by atoms with Gasteiger partial charge in [0.15, 0.2) is 5.11 Å². The van der Waals surface area contributed by atoms with E-state index >= 15 is 0 Å². The Morgan fingerprint density at radius 3 is 2.85 bits per heavy atom. The molecule has 4 rings (SSSR count). The normalized spacial score (nSPS) is 18.0. The van der Waals surface area contributed by atoms with Crippen LogP contribution in [0.15, 0.2) is 41.8 Å². The molecule has 0 saturated carbocycles. The van der Waals surface area contributed by atoms with Gasteiger partial charge in [0.05, 0.1) is 17.3 Å². The smallest absolute Gasteiger partial charge is 0.189 e. The number of thiocarbonyl (C=S) groups is 1. The monoisotopic (exact) mass is 402 g/mol. The van der Waals surface area contributed by atoms with Crippen molar-refractivity contribution in [3.05, 3.63) is 47.4 Å². The molecular weight excluding hydrogens is 384 g/mol. The van der Waals surface area contributed by atoms with E-state index in [1.54, 1.807) is 12.3 Å². The van der Waals surface area contributed by atoms with E-state index in [1.165, 1.54) is 0 Å². The summed E-state index contributed by atoms with van der Waals surface area (Å²) in [6, 6.07) is 7.72. The van der Waals surface area contributed by atoms with Gasteiger partial charge < -0.3 is 14.5 Å². The van der Waals surface area contributed by atoms with Crippen LogP contribution in [0.2, 0.25) is 5.02 Å². The SMILES string of the molecule is S=C(N/N=C1/CCOc2cc(Cl)cnc21)N1CCN(c2ccccn2)CC1. The number of hydrogen-bond acceptors (Lipinski definition) is 6. The molecule has 2 aliphatic heterocycles. The number of nitrogens with one attached hydrogen (secondary N) is 1. The fraction of sp³-hybridized carbons (Fsp3) is 0.333. The predicted octanol–water partition coefficient (Wildman–Crippen LogP) is 2.31. The van der Waals surface area contributed by atoms with Gasteiger partial charge in [-0.15, -0.1) is 0 Å². The third-order valence-corrected chi connectivity index (χ3v) is 5.07. The molecular formula is C18H19ClN6OS. The van der Waals surface area contributed by atoms with Crippen molar-refractivity contribution in [2.45, 2.75) is 6.42 Å². The van der Waals surface area contributed by atoms with Gasteiger partial charge in [0, 0.05) is 51.1 Å². The van der Waals surface area contributed by atoms with Gasteiger partial charge in [-0.25, -0.2) is 9.97 Å². The number of anilines is 1. The van der Waals surface area contributed by atoms with Crippen LogP contribution >= 0.6 is 23.8 Å². The highest BCUT2D eigenvalue weighted by Crippen LogP contribution is 2.26. The average molecular weight is 403 g/mol. The number of halogens is 1. The lowest BCUT2D eigenvalue weighted by molar-refractivity contribution is 0.318. The quantitative estimate of drug-likeness (QED) is 0.610. The summed E-state index contributed by atoms with van der Waals surface area (Å²) in [6.45, 7) is 3.92. The molecule has 1 saturated heterocycles. The number of pyridine rings is 2. The molecule has 27 heavy (non-hydrogen) atoms. The van der Waals surface area contributed by atoms with Gasteiger partial charge in [-0.05, 0) is 24.4 Å². The highest BCUT2D eigenvalue weighted by atomic mass is 35.5. The number of rotatable bonds is 2. The van der Waals surface area contributed by atoms with Crippen LogP contribution in [0, 0.1) is 0 Å². The van der Waals surface area contributed by atoms with E-state index in [4.69, 9.17) is 28.6 Å². The second kappa shape index (κ2) is 8.06. The molecule has 0 bridgehead atoms. The first-order valence-corrected chi connectivity index (χ1v) is 9.55. The topological polar surface area (TPSA) is 65.9 Å². The van der Waals surface area contributed by atoms with Gasteiger partial charge >= 0.3 is 0 Å². The van der Waals surface area contributed by atoms with E-state index in [-0.39, 0.29) is 0 Å². The van der Waals surface area contributed by atoms with Gasteiger partial charge in [0.2, 0.25) is 0 Å². The van der Waals surface area contributed by atoms with Gasteiger partial charge in [-0.3, -0.25) is 5.43 Å². The zero-order valence-corrected chi connectivity index (χ0v) is 16.2. The minimum atomic E-state index is 0.546. The van der Waals surface area contributed by atoms with Gasteiger partial charge in [-0.2, -0.15) is 5.10 Å². The lowest BCUT2D eigenvalue weighted by atomic mass is 10.1. The van der Waals surface area contributed by atoms with Gasteiger partial charge in [-0.1, -0.05) is 17.7 Å². The van der Waals surface area contributed by atoms with Crippen molar-refractivity contribution in [1.29, 1.82) is 0 Å². The summed E-state index contributed by atoms with van der Waals surface area (Å²) < 4.78 is 5.60. The highest BCUT2D eigenvalue weighted by Gasteiger charge is 2.21. The van der Waals surface area contributed by atoms with Crippen molar-refractivity contribution in [2.24, 2.45) is 5.10 Å². The van der Waals surface area contributed by atoms with Crippen molar-refractivity contribution >= 4 is 40.5 Å². The molecule has 0 radical (unpaired) electrons. The van der Waals surface area contributed by atoms with Crippen LogP contribution in [0.5, 0.6) is 5.75 Å². The lowest BCUT2D eigenvalue weighted by Crippen LogP contribution is -2.51. The van der Waals surface area contributed by atoms with Crippen LogP contribution in [0.1, 0.15) is 12.1 Å². The molecule has 1 fully saturated rings. The maximum atomic E-state index is 5.98. The molecule has 7 nitrogen and oxygen atoms in total. The molecule has 2 aromatic heterocycles. The molecule has 0 aliphatic carbocycles. The van der Waals surface area contributed by atoms with Crippen molar-refractivity contribution in [1.82, 2.24) is 20.3 Å². The number of ether oxygens (including phenoxy) is 1. The van der Waals surface area contributed by atoms with Crippen molar-refractivity contribution in [3.63, 3.8) is 0 Å². The molecule has 0 spiro atoms. The summed E-state index contributed by atoms with van der Waals surface area (Å²) in [5, 5.41) is 5.64. The Morgan fingerprint density at radius 1 is 1.22 bits per heavy atom. The molecule has 2 aliphatic rings. The third-order valence-electron chi connectivity index (χ3n) is 4.52. The first-order valence-electron chi connectivity index (χ1n) is 8.77. The molecule has 0 unspecified atom stereocenters. The number of fused-ring (bicyclic) bond motifs is 1. The fourth-order valence-corrected chi connectivity index (χ4v) is 3.47. The van der Waals surface area contributed by atoms with Crippen LogP contribution < -0.4 is 15.1 Å². The summed E-state index contributed by atoms with van der Waals surface area (Å²) in [6.07, 6.45) is 4.08. The van der Waals surface area contributed by atoms with E-state index in [1.807, 2.05) is 24.4 Å². The van der Waals surface area contributed by atoms with Crippen molar-refractivity contribution < 1.29 is 4.74 Å². The Kier molecular flexibility index (Phi) is 5.35. The Bertz CT molecular complexity index is 854. The molecule has 0 aromatic carbocycles. The second-order valence-corrected chi connectivity index (χ2v) is 7.06. The number of piperazine rings is 1. The highest BCUT2D eigenvalue weighted by molar-refractivity contribution is 7.80. The standard InChI is InChI=1S/C18H19ClN6OS/c19-13-11-15-17(21-12-13)14(4-10-26-15)22-23-18(27)25-8-6-24(7-9-25)16-3-1-2-5-20-16/h1-3,5,11-12H,4,6-10H2,(H,23,27)/b22-14-. The fourth-order valence-electron chi connectivity index (χ4n) is 3.10. The average Bonchev–Trinajstić information content (AvgIpc) is 2.72. The van der Waals surface area contributed by atoms with Crippen LogP contribution in [0.4, 0.5) is 5.82 Å². The number of hydrazone groups is 1. The largest absolute Gasteiger partial charge is 0.491 e. The zero-order chi connectivity index (χ0) is 18.6. The van der Waals surface area contributed by atoms with E-state index in [0.717, 1.165) is 37.7 Å². The molecule has 4 heterocycles. The summed E-state index contributed by atoms with van der Waals surface area (Å²) in [7, 11) is 0. The van der Waals surface area contributed by atoms with Crippen molar-refractivity contribution in [2.75, 3.05) is 37.7 Å². The van der Waals surface area contributed by atoms with Crippen LogP contribution in [-0.2, 0) is 0 Å². The first kappa shape index (κ1) is 17.9. The summed E-state index contributed by atoms with van der Waals surface area (Å²) in [5.41, 5.74) is 4.55. The zero-order valence-electron chi connectivity index (χ0n) is 14.6. The summed E-state index contributed by atoms with van der Waals surface area (Å²) >= 11 is 11.5. The number of aromatic nitrogens is 2. The lowest BCUT2D eigenvalue weighted by Gasteiger charge is -2.36. The first-order chi connectivity index (χ1) is 13.2. The molecule has 9 heteroatoms. The molecule has 0 amide bonds. The predicted molar refractivity (Wildman–Crippen MR) is 110 cm³/mol. The molecule has 0 atom stereocenters. The third kappa shape index (κ3) is 4.12. The van der Waals surface area contributed by atoms with Crippen LogP contribution in [0.25, 0.3) is 0 Å². The van der Waals surface area contributed by atoms with E-state index in [0.29, 0.717) is 34.6 Å². The van der Waals surface area contributed by atoms with Crippen molar-refractivity contribution in [3.8, 4) is 5.75 Å². The maximum absolute atomic E-state index is 5.98. The Morgan fingerprint density at radius 2 is 2.07 bits per heavy atom. The molecule has 2 aromatic rings. The molecule has 1 N–H and O–H groups in total. The molecule has 140 valence electrons. The van der Waals surface area contributed by atoms with Crippen LogP contribution in [0.3, 0.4) is 0 Å². The van der Waals surface area contributed by atoms with E-state index < -0.39 is 0 Å². The number of hydrogen-bond donors (Lipinski definition) is 1. The summed E-state index contributed by atoms with van der Waals surface area (Å²) in [4.78, 5) is 13.1. The maximum Gasteiger partial charge on any atom is 0.189 e. The summed E-state index contributed by atoms with van der Waals surface area (Å²) in [5.74, 6) is 1.66. The second-order valence-electron chi connectivity index (χ2n) is 6.24.